The van der Waals surface area contributed by atoms with Gasteiger partial charge in [-0.2, -0.15) is 0 Å². The average Bonchev–Trinajstić information content (AvgIpc) is 3.36. The quantitative estimate of drug-likeness (QED) is 0.587. The van der Waals surface area contributed by atoms with Crippen LogP contribution in [0.25, 0.3) is 0 Å². The number of nitrogens with one attached hydrogen (secondary N) is 1. The summed E-state index contributed by atoms with van der Waals surface area (Å²) in [6.07, 6.45) is 6.03. The number of carbonyl (C=O) groups is 2. The molecule has 3 amide bonds. The minimum atomic E-state index is -0.681. The highest BCUT2D eigenvalue weighted by Crippen LogP contribution is 2.34. The zero-order valence-electron chi connectivity index (χ0n) is 13.3. The zero-order valence-corrected chi connectivity index (χ0v) is 13.3. The van der Waals surface area contributed by atoms with Crippen molar-refractivity contribution in [2.45, 2.75) is 31.3 Å². The number of carbonyl (C=O) groups excluding carboxylic acids is 2. The molecule has 2 atom stereocenters. The van der Waals surface area contributed by atoms with E-state index < -0.39 is 5.91 Å². The zero-order chi connectivity index (χ0) is 16.7. The molecule has 9 heteroatoms. The highest BCUT2D eigenvalue weighted by atomic mass is 16.5. The molecule has 0 spiro atoms. The Bertz CT molecular complexity index is 645. The molecule has 3 aliphatic heterocycles. The summed E-state index contributed by atoms with van der Waals surface area (Å²) in [5.41, 5.74) is 1.60. The summed E-state index contributed by atoms with van der Waals surface area (Å²) in [4.78, 5) is 38.3. The number of likely N-dealkylation sites (tertiary alicyclic amines) is 2. The molecule has 128 valence electrons. The van der Waals surface area contributed by atoms with Crippen molar-refractivity contribution >= 4 is 17.8 Å². The number of amides is 3. The highest BCUT2D eigenvalue weighted by molar-refractivity contribution is 5.91. The first kappa shape index (κ1) is 15.1. The fourth-order valence-corrected chi connectivity index (χ4v) is 3.92. The average molecular weight is 332 g/mol. The minimum absolute atomic E-state index is 0.0662. The molecule has 0 radical (unpaired) electrons. The molecule has 0 aromatic carbocycles. The number of rotatable bonds is 2. The maximum absolute atomic E-state index is 12.6. The molecular formula is C15H20N6O3. The Balaban J connectivity index is 1.42. The lowest BCUT2D eigenvalue weighted by Crippen LogP contribution is -2.52. The molecule has 24 heavy (non-hydrogen) atoms. The van der Waals surface area contributed by atoms with Crippen molar-refractivity contribution in [2.24, 2.45) is 0 Å². The van der Waals surface area contributed by atoms with Gasteiger partial charge in [-0.1, -0.05) is 0 Å². The molecule has 0 unspecified atom stereocenters. The van der Waals surface area contributed by atoms with E-state index in [1.165, 1.54) is 17.9 Å². The van der Waals surface area contributed by atoms with Crippen molar-refractivity contribution in [1.29, 1.82) is 0 Å². The number of aromatic nitrogens is 2. The van der Waals surface area contributed by atoms with Gasteiger partial charge in [0.15, 0.2) is 0 Å². The lowest BCUT2D eigenvalue weighted by Gasteiger charge is -2.36. The van der Waals surface area contributed by atoms with Gasteiger partial charge in [0.25, 0.3) is 5.91 Å². The molecule has 3 fully saturated rings. The van der Waals surface area contributed by atoms with Crippen molar-refractivity contribution in [1.82, 2.24) is 25.2 Å². The second-order valence-corrected chi connectivity index (χ2v) is 6.53. The van der Waals surface area contributed by atoms with Crippen LogP contribution in [0, 0.1) is 0 Å². The molecular weight excluding hydrogens is 312 g/mol. The third-order valence-corrected chi connectivity index (χ3v) is 5.13. The van der Waals surface area contributed by atoms with Gasteiger partial charge in [-0.05, 0) is 19.3 Å². The lowest BCUT2D eigenvalue weighted by atomic mass is 10.2. The number of piperazine rings is 1. The topological polar surface area (TPSA) is 102 Å². The second-order valence-electron chi connectivity index (χ2n) is 6.53. The van der Waals surface area contributed by atoms with Crippen molar-refractivity contribution < 1.29 is 14.8 Å². The van der Waals surface area contributed by atoms with Crippen LogP contribution in [0.2, 0.25) is 0 Å². The predicted molar refractivity (Wildman–Crippen MR) is 83.7 cm³/mol. The number of fused-ring (bicyclic) bond motifs is 2. The summed E-state index contributed by atoms with van der Waals surface area (Å²) in [7, 11) is 0. The predicted octanol–water partition coefficient (Wildman–Crippen LogP) is 0.0743. The van der Waals surface area contributed by atoms with E-state index in [9.17, 15) is 9.59 Å². The third kappa shape index (κ3) is 2.44. The van der Waals surface area contributed by atoms with Crippen LogP contribution >= 0.6 is 0 Å². The SMILES string of the molecule is O=C(NO)c1cnc(N2C[C@@H]3C[C@H]2CN3C(=O)N2CCCC2)cn1. The van der Waals surface area contributed by atoms with E-state index in [0.29, 0.717) is 12.4 Å². The van der Waals surface area contributed by atoms with Gasteiger partial charge in [0.1, 0.15) is 11.5 Å². The van der Waals surface area contributed by atoms with Gasteiger partial charge < -0.3 is 14.7 Å². The van der Waals surface area contributed by atoms with E-state index in [4.69, 9.17) is 5.21 Å². The number of hydroxylamine groups is 1. The molecule has 3 aliphatic rings. The van der Waals surface area contributed by atoms with Crippen molar-refractivity contribution in [3.05, 3.63) is 18.1 Å². The van der Waals surface area contributed by atoms with E-state index in [0.717, 1.165) is 38.9 Å². The first-order valence-corrected chi connectivity index (χ1v) is 8.26. The van der Waals surface area contributed by atoms with Crippen LogP contribution in [-0.4, -0.2) is 75.2 Å². The van der Waals surface area contributed by atoms with Crippen molar-refractivity contribution in [3.8, 4) is 0 Å². The second kappa shape index (κ2) is 5.90. The van der Waals surface area contributed by atoms with Gasteiger partial charge in [0.2, 0.25) is 0 Å². The molecule has 2 bridgehead atoms. The maximum atomic E-state index is 12.6. The Morgan fingerprint density at radius 2 is 1.92 bits per heavy atom. The monoisotopic (exact) mass is 332 g/mol. The normalized spacial score (nSPS) is 25.5. The number of urea groups is 1. The molecule has 1 aromatic heterocycles. The van der Waals surface area contributed by atoms with Crippen LogP contribution in [-0.2, 0) is 0 Å². The summed E-state index contributed by atoms with van der Waals surface area (Å²) in [5.74, 6) is 0.0182. The van der Waals surface area contributed by atoms with Crippen LogP contribution in [0.4, 0.5) is 10.6 Å². The van der Waals surface area contributed by atoms with Crippen LogP contribution in [0.3, 0.4) is 0 Å². The first-order chi connectivity index (χ1) is 11.7. The van der Waals surface area contributed by atoms with E-state index >= 15 is 0 Å². The Morgan fingerprint density at radius 3 is 2.50 bits per heavy atom. The first-order valence-electron chi connectivity index (χ1n) is 8.26. The Hall–Kier alpha value is -2.42. The Kier molecular flexibility index (Phi) is 3.72. The largest absolute Gasteiger partial charge is 0.348 e. The van der Waals surface area contributed by atoms with Crippen LogP contribution in [0.5, 0.6) is 0 Å². The van der Waals surface area contributed by atoms with Crippen LogP contribution in [0.1, 0.15) is 29.8 Å². The fourth-order valence-electron chi connectivity index (χ4n) is 3.92. The Morgan fingerprint density at radius 1 is 1.12 bits per heavy atom. The standard InChI is InChI=1S/C15H20N6O3/c22-14(18-24)12-6-17-13(7-16-12)20-8-11-5-10(20)9-21(11)15(23)19-3-1-2-4-19/h6-7,10-11,24H,1-5,8-9H2,(H,18,22)/t10-,11-/m0/s1. The van der Waals surface area contributed by atoms with Crippen LogP contribution in [0.15, 0.2) is 12.4 Å². The van der Waals surface area contributed by atoms with Crippen molar-refractivity contribution in [2.75, 3.05) is 31.1 Å². The summed E-state index contributed by atoms with van der Waals surface area (Å²) < 4.78 is 0. The van der Waals surface area contributed by atoms with E-state index in [1.807, 2.05) is 9.80 Å². The smallest absolute Gasteiger partial charge is 0.320 e. The summed E-state index contributed by atoms with van der Waals surface area (Å²) in [5, 5.41) is 8.61. The maximum Gasteiger partial charge on any atom is 0.320 e. The highest BCUT2D eigenvalue weighted by Gasteiger charge is 2.47. The van der Waals surface area contributed by atoms with Gasteiger partial charge in [-0.25, -0.2) is 20.2 Å². The van der Waals surface area contributed by atoms with Gasteiger partial charge in [0, 0.05) is 26.2 Å². The number of hydrogen-bond donors (Lipinski definition) is 2. The number of anilines is 1. The molecule has 3 saturated heterocycles. The lowest BCUT2D eigenvalue weighted by molar-refractivity contribution is 0.0700. The number of hydrogen-bond acceptors (Lipinski definition) is 6. The molecule has 1 aromatic rings. The third-order valence-electron chi connectivity index (χ3n) is 5.13. The molecule has 9 nitrogen and oxygen atoms in total. The minimum Gasteiger partial charge on any atom is -0.348 e. The van der Waals surface area contributed by atoms with Gasteiger partial charge in [-0.15, -0.1) is 0 Å². The Labute approximate surface area is 139 Å². The molecule has 4 rings (SSSR count). The molecule has 4 heterocycles. The van der Waals surface area contributed by atoms with Crippen LogP contribution < -0.4 is 10.4 Å². The van der Waals surface area contributed by atoms with Gasteiger partial charge >= 0.3 is 6.03 Å². The van der Waals surface area contributed by atoms with E-state index in [1.54, 1.807) is 0 Å². The summed E-state index contributed by atoms with van der Waals surface area (Å²) in [6.45, 7) is 3.19. The molecule has 0 aliphatic carbocycles. The summed E-state index contributed by atoms with van der Waals surface area (Å²) in [6, 6.07) is 0.624. The van der Waals surface area contributed by atoms with E-state index in [2.05, 4.69) is 14.9 Å². The molecule has 2 N–H and O–H groups in total. The van der Waals surface area contributed by atoms with Gasteiger partial charge in [0.05, 0.1) is 24.5 Å². The number of nitrogens with zero attached hydrogens (tertiary/aromatic N) is 5. The fraction of sp³-hybridized carbons (Fsp3) is 0.600. The summed E-state index contributed by atoms with van der Waals surface area (Å²) >= 11 is 0. The van der Waals surface area contributed by atoms with Crippen molar-refractivity contribution in [3.63, 3.8) is 0 Å². The van der Waals surface area contributed by atoms with E-state index in [-0.39, 0.29) is 23.8 Å². The molecule has 0 saturated carbocycles. The van der Waals surface area contributed by atoms with Gasteiger partial charge in [-0.3, -0.25) is 10.0 Å².